The summed E-state index contributed by atoms with van der Waals surface area (Å²) in [6.07, 6.45) is 3.58. The number of amides is 1. The van der Waals surface area contributed by atoms with Gasteiger partial charge in [0.05, 0.1) is 16.9 Å². The van der Waals surface area contributed by atoms with Gasteiger partial charge in [0.1, 0.15) is 19.1 Å². The average molecular weight is 589 g/mol. The zero-order valence-corrected chi connectivity index (χ0v) is 26.0. The van der Waals surface area contributed by atoms with Crippen LogP contribution in [0.15, 0.2) is 60.9 Å². The molecule has 0 aliphatic carbocycles. The molecule has 0 atom stereocenters. The highest BCUT2D eigenvalue weighted by Crippen LogP contribution is 2.26. The molecule has 0 N–H and O–H groups in total. The molecule has 0 unspecified atom stereocenters. The van der Waals surface area contributed by atoms with Crippen molar-refractivity contribution in [2.75, 3.05) is 46.5 Å². The summed E-state index contributed by atoms with van der Waals surface area (Å²) in [6, 6.07) is 17.0. The molecule has 1 aliphatic rings. The Labute approximate surface area is 248 Å². The molecule has 4 aromatic rings. The van der Waals surface area contributed by atoms with Crippen LogP contribution in [-0.4, -0.2) is 90.0 Å². The fraction of sp³-hybridized carbons (Fsp3) is 0.419. The summed E-state index contributed by atoms with van der Waals surface area (Å²) in [6.45, 7) is 12.2. The first kappa shape index (κ1) is 29.8. The van der Waals surface area contributed by atoms with Crippen molar-refractivity contribution in [1.29, 1.82) is 0 Å². The van der Waals surface area contributed by atoms with Gasteiger partial charge in [-0.3, -0.25) is 14.7 Å². The van der Waals surface area contributed by atoms with Gasteiger partial charge in [-0.1, -0.05) is 25.7 Å². The highest BCUT2D eigenvalue weighted by molar-refractivity contribution is 6.76. The molecule has 10 nitrogen and oxygen atoms in total. The van der Waals surface area contributed by atoms with Crippen LogP contribution in [-0.2, 0) is 27.5 Å². The third kappa shape index (κ3) is 8.00. The quantitative estimate of drug-likeness (QED) is 0.171. The summed E-state index contributed by atoms with van der Waals surface area (Å²) in [5, 5.41) is 5.42. The summed E-state index contributed by atoms with van der Waals surface area (Å²) in [4.78, 5) is 25.6. The molecule has 5 rings (SSSR count). The molecule has 1 aromatic carbocycles. The van der Waals surface area contributed by atoms with Gasteiger partial charge >= 0.3 is 0 Å². The predicted molar refractivity (Wildman–Crippen MR) is 165 cm³/mol. The normalized spacial score (nSPS) is 14.4. The van der Waals surface area contributed by atoms with E-state index in [1.54, 1.807) is 19.5 Å². The van der Waals surface area contributed by atoms with Crippen LogP contribution in [0, 0.1) is 0 Å². The number of methoxy groups -OCH3 is 1. The number of piperazine rings is 1. The Morgan fingerprint density at radius 2 is 1.83 bits per heavy atom. The van der Waals surface area contributed by atoms with E-state index in [0.29, 0.717) is 31.4 Å². The van der Waals surface area contributed by atoms with Crippen molar-refractivity contribution in [2.24, 2.45) is 0 Å². The molecule has 42 heavy (non-hydrogen) atoms. The predicted octanol–water partition coefficient (Wildman–Crippen LogP) is 4.89. The van der Waals surface area contributed by atoms with Gasteiger partial charge in [0.2, 0.25) is 11.8 Å². The van der Waals surface area contributed by atoms with Crippen LogP contribution < -0.4 is 4.74 Å². The molecule has 0 spiro atoms. The minimum Gasteiger partial charge on any atom is -0.439 e. The van der Waals surface area contributed by atoms with Crippen LogP contribution in [0.1, 0.15) is 5.69 Å². The van der Waals surface area contributed by atoms with Crippen molar-refractivity contribution in [1.82, 2.24) is 29.5 Å². The Kier molecular flexibility index (Phi) is 9.63. The molecule has 0 radical (unpaired) electrons. The monoisotopic (exact) mass is 588 g/mol. The van der Waals surface area contributed by atoms with Crippen molar-refractivity contribution >= 4 is 24.9 Å². The standard InChI is InChI=1S/C31H40N6O4Si/c1-39-22-31(38)36-15-13-35(14-16-36)21-26-7-5-24-19-27(8-9-28(24)34-26)41-30-10-6-25(20-32-30)29-11-12-33-37(29)23-40-17-18-42(2,3)4/h5-12,19-20H,13-18,21-23H2,1-4H3. The lowest BCUT2D eigenvalue weighted by Crippen LogP contribution is -2.49. The zero-order valence-electron chi connectivity index (χ0n) is 25.0. The van der Waals surface area contributed by atoms with Crippen LogP contribution in [0.4, 0.5) is 0 Å². The Bertz CT molecular complexity index is 1480. The van der Waals surface area contributed by atoms with Crippen molar-refractivity contribution in [3.8, 4) is 22.9 Å². The Hall–Kier alpha value is -3.64. The zero-order chi connectivity index (χ0) is 29.5. The van der Waals surface area contributed by atoms with E-state index in [9.17, 15) is 4.79 Å². The van der Waals surface area contributed by atoms with Gasteiger partial charge in [-0.2, -0.15) is 5.10 Å². The van der Waals surface area contributed by atoms with Gasteiger partial charge in [-0.05, 0) is 42.4 Å². The van der Waals surface area contributed by atoms with E-state index in [1.165, 1.54) is 0 Å². The molecule has 1 fully saturated rings. The number of aromatic nitrogens is 4. The van der Waals surface area contributed by atoms with Gasteiger partial charge in [-0.15, -0.1) is 0 Å². The van der Waals surface area contributed by atoms with Gasteiger partial charge < -0.3 is 19.1 Å². The lowest BCUT2D eigenvalue weighted by molar-refractivity contribution is -0.136. The Balaban J connectivity index is 1.16. The number of rotatable bonds is 12. The maximum absolute atomic E-state index is 12.0. The summed E-state index contributed by atoms with van der Waals surface area (Å²) >= 11 is 0. The van der Waals surface area contributed by atoms with Gasteiger partial charge in [0.15, 0.2) is 0 Å². The summed E-state index contributed by atoms with van der Waals surface area (Å²) in [5.74, 6) is 1.27. The fourth-order valence-electron chi connectivity index (χ4n) is 4.82. The minimum atomic E-state index is -1.13. The second-order valence-corrected chi connectivity index (χ2v) is 17.4. The van der Waals surface area contributed by atoms with E-state index in [4.69, 9.17) is 19.2 Å². The molecule has 1 saturated heterocycles. The third-order valence-electron chi connectivity index (χ3n) is 7.28. The van der Waals surface area contributed by atoms with E-state index in [1.807, 2.05) is 46.0 Å². The average Bonchev–Trinajstić information content (AvgIpc) is 3.44. The highest BCUT2D eigenvalue weighted by Gasteiger charge is 2.21. The SMILES string of the molecule is COCC(=O)N1CCN(Cc2ccc3cc(Oc4ccc(-c5ccnn5COCC[Si](C)(C)C)cn4)ccc3n2)CC1. The van der Waals surface area contributed by atoms with Crippen LogP contribution in [0.5, 0.6) is 11.6 Å². The molecule has 4 heterocycles. The number of hydrogen-bond acceptors (Lipinski definition) is 8. The van der Waals surface area contributed by atoms with Gasteiger partial charge in [0.25, 0.3) is 0 Å². The maximum atomic E-state index is 12.0. The number of fused-ring (bicyclic) bond motifs is 1. The molecule has 0 bridgehead atoms. The lowest BCUT2D eigenvalue weighted by Gasteiger charge is -2.34. The third-order valence-corrected chi connectivity index (χ3v) is 8.98. The number of benzene rings is 1. The largest absolute Gasteiger partial charge is 0.439 e. The molecule has 0 saturated carbocycles. The first-order valence-corrected chi connectivity index (χ1v) is 18.1. The molecule has 222 valence electrons. The second kappa shape index (κ2) is 13.6. The van der Waals surface area contributed by atoms with E-state index in [-0.39, 0.29) is 12.5 Å². The van der Waals surface area contributed by atoms with Crippen molar-refractivity contribution in [3.05, 3.63) is 66.6 Å². The Morgan fingerprint density at radius 1 is 1.00 bits per heavy atom. The number of carbonyl (C=O) groups excluding carboxylic acids is 1. The van der Waals surface area contributed by atoms with Crippen LogP contribution in [0.3, 0.4) is 0 Å². The molecule has 11 heteroatoms. The van der Waals surface area contributed by atoms with Crippen molar-refractivity contribution in [2.45, 2.75) is 39.0 Å². The maximum Gasteiger partial charge on any atom is 0.248 e. The van der Waals surface area contributed by atoms with E-state index in [2.05, 4.69) is 46.8 Å². The van der Waals surface area contributed by atoms with Crippen LogP contribution in [0.2, 0.25) is 25.7 Å². The van der Waals surface area contributed by atoms with Crippen molar-refractivity contribution in [3.63, 3.8) is 0 Å². The van der Waals surface area contributed by atoms with E-state index >= 15 is 0 Å². The fourth-order valence-corrected chi connectivity index (χ4v) is 5.58. The van der Waals surface area contributed by atoms with E-state index in [0.717, 1.165) is 60.1 Å². The van der Waals surface area contributed by atoms with Gasteiger partial charge in [-0.25, -0.2) is 9.67 Å². The number of pyridine rings is 2. The highest BCUT2D eigenvalue weighted by atomic mass is 28.3. The summed E-state index contributed by atoms with van der Waals surface area (Å²) in [5.41, 5.74) is 3.83. The first-order chi connectivity index (χ1) is 20.3. The molecule has 3 aromatic heterocycles. The number of carbonyl (C=O) groups is 1. The summed E-state index contributed by atoms with van der Waals surface area (Å²) in [7, 11) is 0.424. The Morgan fingerprint density at radius 3 is 2.57 bits per heavy atom. The first-order valence-electron chi connectivity index (χ1n) is 14.4. The smallest absolute Gasteiger partial charge is 0.248 e. The van der Waals surface area contributed by atoms with Crippen LogP contribution >= 0.6 is 0 Å². The number of ether oxygens (including phenoxy) is 3. The number of hydrogen-bond donors (Lipinski definition) is 0. The second-order valence-electron chi connectivity index (χ2n) is 11.8. The van der Waals surface area contributed by atoms with Crippen molar-refractivity contribution < 1.29 is 19.0 Å². The lowest BCUT2D eigenvalue weighted by atomic mass is 10.2. The molecule has 1 aliphatic heterocycles. The molecule has 1 amide bonds. The number of nitrogens with zero attached hydrogens (tertiary/aromatic N) is 6. The summed E-state index contributed by atoms with van der Waals surface area (Å²) < 4.78 is 18.8. The topological polar surface area (TPSA) is 94.8 Å². The minimum absolute atomic E-state index is 0.0474. The van der Waals surface area contributed by atoms with E-state index < -0.39 is 8.07 Å². The van der Waals surface area contributed by atoms with Crippen LogP contribution in [0.25, 0.3) is 22.2 Å². The van der Waals surface area contributed by atoms with Gasteiger partial charge in [0, 0.05) is 83.9 Å². The molecular weight excluding hydrogens is 548 g/mol. The molecular formula is C31H40N6O4Si.